The van der Waals surface area contributed by atoms with Crippen molar-refractivity contribution in [3.05, 3.63) is 70.8 Å². The fourth-order valence-corrected chi connectivity index (χ4v) is 3.59. The predicted molar refractivity (Wildman–Crippen MR) is 91.4 cm³/mol. The molecule has 4 nitrogen and oxygen atoms in total. The summed E-state index contributed by atoms with van der Waals surface area (Å²) in [4.78, 5) is 2.20. The second-order valence-electron chi connectivity index (χ2n) is 6.94. The molecule has 2 aliphatic heterocycles. The van der Waals surface area contributed by atoms with Gasteiger partial charge in [-0.05, 0) is 25.0 Å². The summed E-state index contributed by atoms with van der Waals surface area (Å²) in [7, 11) is 0. The van der Waals surface area contributed by atoms with Gasteiger partial charge in [-0.2, -0.15) is 0 Å². The third-order valence-corrected chi connectivity index (χ3v) is 5.09. The number of aliphatic hydroxyl groups is 1. The van der Waals surface area contributed by atoms with Crippen molar-refractivity contribution in [1.29, 1.82) is 0 Å². The Balaban J connectivity index is 1.72. The molecule has 0 spiro atoms. The minimum Gasteiger partial charge on any atom is -0.394 e. The van der Waals surface area contributed by atoms with Crippen LogP contribution in [0.15, 0.2) is 48.5 Å². The lowest BCUT2D eigenvalue weighted by molar-refractivity contribution is -0.0630. The van der Waals surface area contributed by atoms with Gasteiger partial charge in [0.2, 0.25) is 0 Å². The van der Waals surface area contributed by atoms with Crippen molar-refractivity contribution in [1.82, 2.24) is 4.90 Å². The van der Waals surface area contributed by atoms with E-state index in [-0.39, 0.29) is 19.1 Å². The molecule has 4 heteroatoms. The summed E-state index contributed by atoms with van der Waals surface area (Å²) in [6, 6.07) is 16.8. The number of hydrogen-bond donors (Lipinski definition) is 1. The fraction of sp³-hybridized carbons (Fsp3) is 0.400. The van der Waals surface area contributed by atoms with Crippen LogP contribution in [0.3, 0.4) is 0 Å². The van der Waals surface area contributed by atoms with Crippen LogP contribution in [0.1, 0.15) is 34.7 Å². The van der Waals surface area contributed by atoms with E-state index < -0.39 is 5.54 Å². The highest BCUT2D eigenvalue weighted by Gasteiger charge is 2.56. The van der Waals surface area contributed by atoms with Gasteiger partial charge < -0.3 is 14.6 Å². The molecule has 1 N–H and O–H groups in total. The third kappa shape index (κ3) is 2.47. The first-order chi connectivity index (χ1) is 11.6. The highest BCUT2D eigenvalue weighted by atomic mass is 16.6. The van der Waals surface area contributed by atoms with Crippen molar-refractivity contribution in [2.45, 2.75) is 31.8 Å². The average Bonchev–Trinajstić information content (AvgIpc) is 3.14. The van der Waals surface area contributed by atoms with Crippen molar-refractivity contribution in [2.24, 2.45) is 0 Å². The maximum absolute atomic E-state index is 10.0. The van der Waals surface area contributed by atoms with E-state index in [2.05, 4.69) is 67.3 Å². The molecule has 0 aromatic heterocycles. The SMILES string of the molecule is Cc1ccc([C@H]2OC[C@]3(CO)CO[C@@H](c4ccc(C)cc4)N23)cc1. The Bertz CT molecular complexity index is 653. The van der Waals surface area contributed by atoms with Crippen LogP contribution in [0.2, 0.25) is 0 Å². The van der Waals surface area contributed by atoms with Gasteiger partial charge in [-0.25, -0.2) is 4.90 Å². The van der Waals surface area contributed by atoms with Crippen molar-refractivity contribution < 1.29 is 14.6 Å². The molecule has 2 fully saturated rings. The van der Waals surface area contributed by atoms with Gasteiger partial charge in [0, 0.05) is 0 Å². The highest BCUT2D eigenvalue weighted by molar-refractivity contribution is 5.28. The van der Waals surface area contributed by atoms with Crippen LogP contribution >= 0.6 is 0 Å². The molecule has 0 amide bonds. The van der Waals surface area contributed by atoms with Crippen LogP contribution in [0.25, 0.3) is 0 Å². The standard InChI is InChI=1S/C20H23NO3/c1-14-3-7-16(8-4-14)18-21-19(17-9-5-15(2)6-10-17)24-13-20(21,11-22)12-23-18/h3-10,18-19,22H,11-13H2,1-2H3/t18-,19+,20-. The van der Waals surface area contributed by atoms with E-state index in [0.717, 1.165) is 11.1 Å². The second-order valence-corrected chi connectivity index (χ2v) is 6.94. The lowest BCUT2D eigenvalue weighted by Crippen LogP contribution is -2.47. The molecular weight excluding hydrogens is 302 g/mol. The molecule has 126 valence electrons. The molecular formula is C20H23NO3. The summed E-state index contributed by atoms with van der Waals surface area (Å²) in [5.74, 6) is 0. The minimum atomic E-state index is -0.467. The number of rotatable bonds is 3. The van der Waals surface area contributed by atoms with Crippen LogP contribution in [-0.2, 0) is 9.47 Å². The summed E-state index contributed by atoms with van der Waals surface area (Å²) in [5, 5.41) is 10.0. The van der Waals surface area contributed by atoms with Crippen molar-refractivity contribution in [3.8, 4) is 0 Å². The van der Waals surface area contributed by atoms with E-state index >= 15 is 0 Å². The largest absolute Gasteiger partial charge is 0.394 e. The van der Waals surface area contributed by atoms with Crippen molar-refractivity contribution >= 4 is 0 Å². The van der Waals surface area contributed by atoms with Gasteiger partial charge in [0.1, 0.15) is 12.5 Å². The van der Waals surface area contributed by atoms with Gasteiger partial charge in [0.05, 0.1) is 25.4 Å². The van der Waals surface area contributed by atoms with E-state index in [1.54, 1.807) is 0 Å². The molecule has 2 aromatic rings. The molecule has 4 rings (SSSR count). The van der Waals surface area contributed by atoms with Gasteiger partial charge in [0.15, 0.2) is 0 Å². The zero-order chi connectivity index (χ0) is 16.7. The lowest BCUT2D eigenvalue weighted by Gasteiger charge is -2.33. The molecule has 0 radical (unpaired) electrons. The monoisotopic (exact) mass is 325 g/mol. The van der Waals surface area contributed by atoms with Gasteiger partial charge >= 0.3 is 0 Å². The molecule has 2 saturated heterocycles. The number of hydrogen-bond acceptors (Lipinski definition) is 4. The summed E-state index contributed by atoms with van der Waals surface area (Å²) in [5.41, 5.74) is 4.17. The molecule has 0 aliphatic carbocycles. The number of aryl methyl sites for hydroxylation is 2. The molecule has 0 saturated carbocycles. The fourth-order valence-electron chi connectivity index (χ4n) is 3.59. The topological polar surface area (TPSA) is 41.9 Å². The van der Waals surface area contributed by atoms with Gasteiger partial charge in [-0.15, -0.1) is 0 Å². The van der Waals surface area contributed by atoms with E-state index in [4.69, 9.17) is 9.47 Å². The molecule has 2 aromatic carbocycles. The summed E-state index contributed by atoms with van der Waals surface area (Å²) < 4.78 is 12.2. The Labute approximate surface area is 142 Å². The third-order valence-electron chi connectivity index (χ3n) is 5.09. The molecule has 2 aliphatic rings. The van der Waals surface area contributed by atoms with Crippen molar-refractivity contribution in [3.63, 3.8) is 0 Å². The minimum absolute atomic E-state index is 0.0255. The second kappa shape index (κ2) is 5.97. The van der Waals surface area contributed by atoms with Crippen LogP contribution in [0, 0.1) is 13.8 Å². The number of fused-ring (bicyclic) bond motifs is 1. The average molecular weight is 325 g/mol. The lowest BCUT2D eigenvalue weighted by atomic mass is 10.0. The summed E-state index contributed by atoms with van der Waals surface area (Å²) in [6.45, 7) is 5.13. The van der Waals surface area contributed by atoms with Gasteiger partial charge in [0.25, 0.3) is 0 Å². The van der Waals surface area contributed by atoms with Crippen LogP contribution < -0.4 is 0 Å². The first-order valence-corrected chi connectivity index (χ1v) is 8.39. The quantitative estimate of drug-likeness (QED) is 0.942. The number of nitrogens with zero attached hydrogens (tertiary/aromatic N) is 1. The number of benzene rings is 2. The number of ether oxygens (including phenoxy) is 2. The Morgan fingerprint density at radius 2 is 1.29 bits per heavy atom. The van der Waals surface area contributed by atoms with Gasteiger partial charge in [-0.1, -0.05) is 59.7 Å². The van der Waals surface area contributed by atoms with Crippen molar-refractivity contribution in [2.75, 3.05) is 19.8 Å². The van der Waals surface area contributed by atoms with E-state index in [1.165, 1.54) is 11.1 Å². The van der Waals surface area contributed by atoms with E-state index in [0.29, 0.717) is 13.2 Å². The van der Waals surface area contributed by atoms with Crippen LogP contribution in [0.4, 0.5) is 0 Å². The highest BCUT2D eigenvalue weighted by Crippen LogP contribution is 2.48. The molecule has 2 heterocycles. The van der Waals surface area contributed by atoms with Crippen LogP contribution in [0.5, 0.6) is 0 Å². The Morgan fingerprint density at radius 1 is 0.875 bits per heavy atom. The predicted octanol–water partition coefficient (Wildman–Crippen LogP) is 3.09. The van der Waals surface area contributed by atoms with Crippen LogP contribution in [-0.4, -0.2) is 35.4 Å². The normalized spacial score (nSPS) is 29.8. The molecule has 3 atom stereocenters. The smallest absolute Gasteiger partial charge is 0.139 e. The molecule has 0 unspecified atom stereocenters. The zero-order valence-corrected chi connectivity index (χ0v) is 14.1. The Morgan fingerprint density at radius 3 is 1.67 bits per heavy atom. The molecule has 24 heavy (non-hydrogen) atoms. The summed E-state index contributed by atoms with van der Waals surface area (Å²) >= 11 is 0. The van der Waals surface area contributed by atoms with E-state index in [9.17, 15) is 5.11 Å². The van der Waals surface area contributed by atoms with Gasteiger partial charge in [-0.3, -0.25) is 0 Å². The van der Waals surface area contributed by atoms with E-state index in [1.807, 2.05) is 0 Å². The molecule has 0 bridgehead atoms. The number of aliphatic hydroxyl groups excluding tert-OH is 1. The Kier molecular flexibility index (Phi) is 3.93. The maximum atomic E-state index is 10.0. The Hall–Kier alpha value is -1.72. The maximum Gasteiger partial charge on any atom is 0.139 e. The zero-order valence-electron chi connectivity index (χ0n) is 14.1. The first kappa shape index (κ1) is 15.8. The first-order valence-electron chi connectivity index (χ1n) is 8.39. The summed E-state index contributed by atoms with van der Waals surface area (Å²) in [6.07, 6.45) is -0.405.